The molecule has 0 spiro atoms. The van der Waals surface area contributed by atoms with Gasteiger partial charge in [0, 0.05) is 12.5 Å². The Balaban J connectivity index is 1.72. The molecule has 1 heterocycles. The molecule has 0 radical (unpaired) electrons. The predicted molar refractivity (Wildman–Crippen MR) is 79.2 cm³/mol. The van der Waals surface area contributed by atoms with Crippen molar-refractivity contribution >= 4 is 0 Å². The fourth-order valence-electron chi connectivity index (χ4n) is 2.70. The van der Waals surface area contributed by atoms with Gasteiger partial charge in [0.25, 0.3) is 0 Å². The normalized spacial score (nSPS) is 18.0. The van der Waals surface area contributed by atoms with E-state index in [4.69, 9.17) is 15.2 Å². The zero-order valence-electron chi connectivity index (χ0n) is 11.9. The first-order valence-corrected chi connectivity index (χ1v) is 7.00. The molecule has 2 N–H and O–H groups in total. The Morgan fingerprint density at radius 3 is 2.86 bits per heavy atom. The quantitative estimate of drug-likeness (QED) is 0.940. The van der Waals surface area contributed by atoms with Crippen LogP contribution in [-0.4, -0.2) is 19.3 Å². The highest BCUT2D eigenvalue weighted by molar-refractivity contribution is 5.38. The third-order valence-corrected chi connectivity index (χ3v) is 3.87. The summed E-state index contributed by atoms with van der Waals surface area (Å²) in [7, 11) is 1.46. The van der Waals surface area contributed by atoms with E-state index in [2.05, 4.69) is 0 Å². The Hall–Kier alpha value is -2.07. The second kappa shape index (κ2) is 5.74. The Kier molecular flexibility index (Phi) is 3.80. The van der Waals surface area contributed by atoms with Gasteiger partial charge in [-0.3, -0.25) is 0 Å². The van der Waals surface area contributed by atoms with E-state index in [9.17, 15) is 4.39 Å². The molecule has 4 heteroatoms. The van der Waals surface area contributed by atoms with Gasteiger partial charge >= 0.3 is 0 Å². The van der Waals surface area contributed by atoms with E-state index >= 15 is 0 Å². The second-order valence-electron chi connectivity index (χ2n) is 5.27. The zero-order valence-corrected chi connectivity index (χ0v) is 11.9. The van der Waals surface area contributed by atoms with Crippen molar-refractivity contribution in [2.24, 2.45) is 5.73 Å². The molecule has 0 saturated heterocycles. The van der Waals surface area contributed by atoms with Crippen LogP contribution in [0.15, 0.2) is 42.5 Å². The topological polar surface area (TPSA) is 44.5 Å². The molecule has 0 aromatic heterocycles. The monoisotopic (exact) mass is 287 g/mol. The van der Waals surface area contributed by atoms with Crippen molar-refractivity contribution in [2.75, 3.05) is 7.11 Å². The van der Waals surface area contributed by atoms with Gasteiger partial charge in [-0.1, -0.05) is 30.3 Å². The molecule has 0 fully saturated rings. The van der Waals surface area contributed by atoms with Crippen molar-refractivity contribution in [3.8, 4) is 11.5 Å². The Labute approximate surface area is 123 Å². The molecule has 2 aromatic rings. The molecule has 3 rings (SSSR count). The van der Waals surface area contributed by atoms with Crippen LogP contribution in [0.1, 0.15) is 11.1 Å². The molecule has 0 bridgehead atoms. The van der Waals surface area contributed by atoms with Crippen LogP contribution in [0.5, 0.6) is 11.5 Å². The van der Waals surface area contributed by atoms with Crippen molar-refractivity contribution in [3.63, 3.8) is 0 Å². The summed E-state index contributed by atoms with van der Waals surface area (Å²) >= 11 is 0. The fourth-order valence-corrected chi connectivity index (χ4v) is 2.70. The van der Waals surface area contributed by atoms with Gasteiger partial charge in [-0.15, -0.1) is 0 Å². The van der Waals surface area contributed by atoms with Crippen molar-refractivity contribution in [2.45, 2.75) is 25.0 Å². The highest BCUT2D eigenvalue weighted by atomic mass is 19.1. The molecule has 21 heavy (non-hydrogen) atoms. The van der Waals surface area contributed by atoms with Crippen LogP contribution >= 0.6 is 0 Å². The predicted octanol–water partition coefficient (Wildman–Crippen LogP) is 2.71. The molecular weight excluding hydrogens is 269 g/mol. The largest absolute Gasteiger partial charge is 0.494 e. The molecule has 1 aliphatic rings. The number of nitrogens with two attached hydrogens (primary N) is 1. The van der Waals surface area contributed by atoms with E-state index in [0.717, 1.165) is 17.7 Å². The van der Waals surface area contributed by atoms with Crippen LogP contribution in [0.4, 0.5) is 4.39 Å². The lowest BCUT2D eigenvalue weighted by atomic mass is 9.98. The van der Waals surface area contributed by atoms with Gasteiger partial charge in [0.1, 0.15) is 11.9 Å². The van der Waals surface area contributed by atoms with E-state index in [0.29, 0.717) is 12.0 Å². The highest BCUT2D eigenvalue weighted by Crippen LogP contribution is 2.30. The molecule has 3 nitrogen and oxygen atoms in total. The average molecular weight is 287 g/mol. The summed E-state index contributed by atoms with van der Waals surface area (Å²) in [6, 6.07) is 12.7. The Morgan fingerprint density at radius 1 is 1.29 bits per heavy atom. The molecule has 2 aromatic carbocycles. The maximum absolute atomic E-state index is 14.2. The van der Waals surface area contributed by atoms with Crippen molar-refractivity contribution in [1.29, 1.82) is 0 Å². The van der Waals surface area contributed by atoms with Gasteiger partial charge in [-0.05, 0) is 29.7 Å². The van der Waals surface area contributed by atoms with Gasteiger partial charge in [0.15, 0.2) is 11.6 Å². The van der Waals surface area contributed by atoms with Crippen LogP contribution in [0.25, 0.3) is 0 Å². The number of fused-ring (bicyclic) bond motifs is 1. The van der Waals surface area contributed by atoms with E-state index in [1.165, 1.54) is 7.11 Å². The van der Waals surface area contributed by atoms with E-state index in [-0.39, 0.29) is 23.7 Å². The van der Waals surface area contributed by atoms with E-state index in [1.54, 1.807) is 18.2 Å². The summed E-state index contributed by atoms with van der Waals surface area (Å²) in [5.41, 5.74) is 7.93. The number of hydrogen-bond donors (Lipinski definition) is 1. The number of methoxy groups -OCH3 is 1. The number of hydrogen-bond acceptors (Lipinski definition) is 3. The Morgan fingerprint density at radius 2 is 2.10 bits per heavy atom. The van der Waals surface area contributed by atoms with Gasteiger partial charge in [-0.25, -0.2) is 4.39 Å². The number of benzene rings is 2. The summed E-state index contributed by atoms with van der Waals surface area (Å²) in [5.74, 6) is 0.783. The van der Waals surface area contributed by atoms with Gasteiger partial charge in [0.05, 0.1) is 7.11 Å². The molecule has 1 aliphatic heterocycles. The Bertz CT molecular complexity index is 619. The number of ether oxygens (including phenoxy) is 2. The summed E-state index contributed by atoms with van der Waals surface area (Å²) in [5, 5.41) is 0. The molecule has 2 atom stereocenters. The summed E-state index contributed by atoms with van der Waals surface area (Å²) in [4.78, 5) is 0. The van der Waals surface area contributed by atoms with E-state index < -0.39 is 0 Å². The molecule has 2 unspecified atom stereocenters. The maximum atomic E-state index is 14.2. The van der Waals surface area contributed by atoms with Crippen LogP contribution in [0.3, 0.4) is 0 Å². The molecule has 0 aliphatic carbocycles. The number of rotatable bonds is 4. The molecular formula is C17H18FNO2. The van der Waals surface area contributed by atoms with Gasteiger partial charge in [0.2, 0.25) is 0 Å². The minimum atomic E-state index is -0.342. The third-order valence-electron chi connectivity index (χ3n) is 3.87. The van der Waals surface area contributed by atoms with Gasteiger partial charge in [-0.2, -0.15) is 0 Å². The van der Waals surface area contributed by atoms with Crippen LogP contribution in [-0.2, 0) is 12.8 Å². The molecule has 0 saturated carbocycles. The second-order valence-corrected chi connectivity index (χ2v) is 5.27. The summed E-state index contributed by atoms with van der Waals surface area (Å²) in [6.45, 7) is 0. The zero-order chi connectivity index (χ0) is 14.8. The first-order valence-electron chi connectivity index (χ1n) is 7.00. The highest BCUT2D eigenvalue weighted by Gasteiger charge is 2.28. The minimum absolute atomic E-state index is 0.118. The molecule has 0 amide bonds. The van der Waals surface area contributed by atoms with E-state index in [1.807, 2.05) is 24.3 Å². The smallest absolute Gasteiger partial charge is 0.168 e. The summed E-state index contributed by atoms with van der Waals surface area (Å²) < 4.78 is 25.0. The minimum Gasteiger partial charge on any atom is -0.494 e. The van der Waals surface area contributed by atoms with Crippen molar-refractivity contribution in [3.05, 3.63) is 59.4 Å². The first kappa shape index (κ1) is 13.9. The SMILES string of the molecule is COc1cccc(CC(N)C2Cc3ccccc3O2)c1F. The fraction of sp³-hybridized carbons (Fsp3) is 0.294. The van der Waals surface area contributed by atoms with Crippen LogP contribution in [0, 0.1) is 5.82 Å². The summed E-state index contributed by atoms with van der Waals surface area (Å²) in [6.07, 6.45) is 1.07. The lowest BCUT2D eigenvalue weighted by Crippen LogP contribution is -2.39. The van der Waals surface area contributed by atoms with Crippen LogP contribution < -0.4 is 15.2 Å². The van der Waals surface area contributed by atoms with Crippen molar-refractivity contribution < 1.29 is 13.9 Å². The van der Waals surface area contributed by atoms with Crippen LogP contribution in [0.2, 0.25) is 0 Å². The first-order chi connectivity index (χ1) is 10.2. The third kappa shape index (κ3) is 2.72. The van der Waals surface area contributed by atoms with Crippen molar-refractivity contribution in [1.82, 2.24) is 0 Å². The molecule has 110 valence electrons. The standard InChI is InChI=1S/C17H18FNO2/c1-20-15-8-4-6-12(17(15)18)9-13(19)16-10-11-5-2-3-7-14(11)21-16/h2-8,13,16H,9-10,19H2,1H3. The lowest BCUT2D eigenvalue weighted by molar-refractivity contribution is 0.197. The maximum Gasteiger partial charge on any atom is 0.168 e. The van der Waals surface area contributed by atoms with Gasteiger partial charge < -0.3 is 15.2 Å². The number of para-hydroxylation sites is 1. The average Bonchev–Trinajstić information content (AvgIpc) is 2.93. The lowest BCUT2D eigenvalue weighted by Gasteiger charge is -2.19. The number of halogens is 1.